The number of aliphatic hydroxyl groups is 1. The van der Waals surface area contributed by atoms with Gasteiger partial charge in [-0.15, -0.1) is 5.53 Å². The molecule has 0 unspecified atom stereocenters. The van der Waals surface area contributed by atoms with Gasteiger partial charge in [0.15, 0.2) is 0 Å². The Bertz CT molecular complexity index is 130. The van der Waals surface area contributed by atoms with E-state index in [2.05, 4.69) is 0 Å². The maximum Gasteiger partial charge on any atom is 0.322 e. The molecule has 0 heterocycles. The first-order valence-corrected chi connectivity index (χ1v) is 2.20. The number of hydrogen-bond donors (Lipinski definition) is 4. The molecule has 0 saturated carbocycles. The van der Waals surface area contributed by atoms with Gasteiger partial charge < -0.3 is 15.9 Å². The smallest absolute Gasteiger partial charge is 0.322 e. The minimum atomic E-state index is -1.18. The first kappa shape index (κ1) is 11.5. The van der Waals surface area contributed by atoms with Gasteiger partial charge in [0.25, 0.3) is 0 Å². The van der Waals surface area contributed by atoms with Crippen LogP contribution in [0.3, 0.4) is 0 Å². The normalized spacial score (nSPS) is 10.2. The number of nitrogens with one attached hydrogen (secondary N) is 1. The lowest BCUT2D eigenvalue weighted by molar-refractivity contribution is -0.139. The fraction of sp³-hybridized carbons (Fsp3) is 0.667. The summed E-state index contributed by atoms with van der Waals surface area (Å²) in [5.74, 6) is -1.18. The minimum absolute atomic E-state index is 0.505. The summed E-state index contributed by atoms with van der Waals surface area (Å²) in [6.45, 7) is -0.505. The van der Waals surface area contributed by atoms with Crippen LogP contribution in [-0.2, 0) is 4.79 Å². The Morgan fingerprint density at radius 3 is 2.20 bits per heavy atom. The molecule has 0 amide bonds. The number of nitrogens with zero attached hydrogens (tertiary/aromatic N) is 2. The maximum absolute atomic E-state index is 9.65. The Morgan fingerprint density at radius 2 is 2.20 bits per heavy atom. The Labute approximate surface area is 56.5 Å². The number of carboxylic acid groups (broad SMARTS) is 1. The van der Waals surface area contributed by atoms with Gasteiger partial charge in [0, 0.05) is 0 Å². The molecule has 1 atom stereocenters. The van der Waals surface area contributed by atoms with Crippen LogP contribution in [-0.4, -0.2) is 28.8 Å². The highest BCUT2D eigenvalue weighted by Gasteiger charge is 2.06. The van der Waals surface area contributed by atoms with E-state index in [1.807, 2.05) is 0 Å². The van der Waals surface area contributed by atoms with Crippen molar-refractivity contribution in [3.8, 4) is 0 Å². The Hall–Kier alpha value is -1.30. The predicted molar refractivity (Wildman–Crippen MR) is 32.1 cm³/mol. The summed E-state index contributed by atoms with van der Waals surface area (Å²) in [7, 11) is 0. The van der Waals surface area contributed by atoms with Crippen molar-refractivity contribution in [2.75, 3.05) is 6.61 Å². The third-order valence-electron chi connectivity index (χ3n) is 0.514. The van der Waals surface area contributed by atoms with Gasteiger partial charge in [-0.2, -0.15) is 0 Å². The molecule has 0 spiro atoms. The van der Waals surface area contributed by atoms with Crippen molar-refractivity contribution in [2.45, 2.75) is 6.04 Å². The second kappa shape index (κ2) is 7.70. The molecule has 0 rings (SSSR count). The van der Waals surface area contributed by atoms with Gasteiger partial charge >= 0.3 is 5.97 Å². The summed E-state index contributed by atoms with van der Waals surface area (Å²) in [6, 6.07) is -1.13. The Balaban J connectivity index is 0. The molecule has 5 N–H and O–H groups in total. The third kappa shape index (κ3) is 9.85. The van der Waals surface area contributed by atoms with Gasteiger partial charge in [-0.3, -0.25) is 4.79 Å². The fourth-order valence-corrected chi connectivity index (χ4v) is 0.0781. The fourth-order valence-electron chi connectivity index (χ4n) is 0.0781. The Morgan fingerprint density at radius 1 is 1.90 bits per heavy atom. The molecule has 7 heteroatoms. The van der Waals surface area contributed by atoms with Crippen LogP contribution in [0, 0.1) is 5.53 Å². The van der Waals surface area contributed by atoms with Crippen molar-refractivity contribution in [3.63, 3.8) is 0 Å². The van der Waals surface area contributed by atoms with Gasteiger partial charge in [-0.1, -0.05) is 0 Å². The standard InChI is InChI=1S/C3H7NO3.HN3/c4-2(1-5)3(6)7;1-3-2/h2,5H,1,4H2,(H,6,7);1H/t2-;/m0./s1. The van der Waals surface area contributed by atoms with Crippen molar-refractivity contribution < 1.29 is 15.0 Å². The molecule has 0 aromatic carbocycles. The molecule has 0 aromatic heterocycles. The van der Waals surface area contributed by atoms with Crippen LogP contribution in [0.1, 0.15) is 0 Å². The minimum Gasteiger partial charge on any atom is -0.480 e. The van der Waals surface area contributed by atoms with Crippen molar-refractivity contribution >= 4 is 5.97 Å². The van der Waals surface area contributed by atoms with Crippen LogP contribution in [0.5, 0.6) is 0 Å². The molecule has 10 heavy (non-hydrogen) atoms. The van der Waals surface area contributed by atoms with Gasteiger partial charge in [0.05, 0.1) is 6.61 Å². The average Bonchev–Trinajstić information content (AvgIpc) is 1.88. The molecule has 0 aromatic rings. The van der Waals surface area contributed by atoms with Crippen LogP contribution in [0.2, 0.25) is 0 Å². The summed E-state index contributed by atoms with van der Waals surface area (Å²) in [4.78, 5) is 11.4. The van der Waals surface area contributed by atoms with Gasteiger partial charge in [0.2, 0.25) is 0 Å². The molecule has 0 aliphatic carbocycles. The first-order chi connectivity index (χ1) is 4.59. The van der Waals surface area contributed by atoms with Crippen molar-refractivity contribution in [3.05, 3.63) is 10.4 Å². The van der Waals surface area contributed by atoms with E-state index in [0.717, 1.165) is 0 Å². The summed E-state index contributed by atoms with van der Waals surface area (Å²) in [5.41, 5.74) is 17.0. The molecule has 0 aliphatic rings. The van der Waals surface area contributed by atoms with E-state index < -0.39 is 18.6 Å². The molecule has 0 fully saturated rings. The van der Waals surface area contributed by atoms with Crippen LogP contribution in [0.4, 0.5) is 0 Å². The summed E-state index contributed by atoms with van der Waals surface area (Å²) >= 11 is 0. The lowest BCUT2D eigenvalue weighted by Gasteiger charge is -1.96. The highest BCUT2D eigenvalue weighted by Crippen LogP contribution is 1.71. The molecule has 0 bridgehead atoms. The molecule has 58 valence electrons. The van der Waals surface area contributed by atoms with Crippen LogP contribution in [0.15, 0.2) is 0 Å². The van der Waals surface area contributed by atoms with Gasteiger partial charge in [-0.25, -0.2) is 0 Å². The van der Waals surface area contributed by atoms with E-state index in [1.165, 1.54) is 0 Å². The lowest BCUT2D eigenvalue weighted by atomic mass is 10.3. The predicted octanol–water partition coefficient (Wildman–Crippen LogP) is -0.734. The largest absolute Gasteiger partial charge is 0.480 e. The van der Waals surface area contributed by atoms with Crippen LogP contribution < -0.4 is 5.73 Å². The van der Waals surface area contributed by atoms with Gasteiger partial charge in [0.1, 0.15) is 6.04 Å². The second-order valence-electron chi connectivity index (χ2n) is 1.23. The topological polar surface area (TPSA) is 144 Å². The number of carboxylic acids is 1. The SMILES string of the molecule is N[C@@H](CO)C(=O)O.[N-]=[N+]=N. The number of carbonyl (C=O) groups is 1. The lowest BCUT2D eigenvalue weighted by Crippen LogP contribution is -2.33. The molecule has 7 nitrogen and oxygen atoms in total. The van der Waals surface area contributed by atoms with E-state index in [1.54, 1.807) is 4.91 Å². The van der Waals surface area contributed by atoms with Crippen LogP contribution in [0.25, 0.3) is 10.4 Å². The first-order valence-electron chi connectivity index (χ1n) is 2.20. The van der Waals surface area contributed by atoms with Crippen molar-refractivity contribution in [1.82, 2.24) is 0 Å². The monoisotopic (exact) mass is 148 g/mol. The van der Waals surface area contributed by atoms with Crippen LogP contribution >= 0.6 is 0 Å². The zero-order chi connectivity index (χ0) is 8.57. The third-order valence-corrected chi connectivity index (χ3v) is 0.514. The van der Waals surface area contributed by atoms with Crippen molar-refractivity contribution in [1.29, 1.82) is 5.53 Å². The van der Waals surface area contributed by atoms with E-state index in [4.69, 9.17) is 27.0 Å². The summed E-state index contributed by atoms with van der Waals surface area (Å²) in [6.07, 6.45) is 0. The second-order valence-corrected chi connectivity index (χ2v) is 1.23. The number of aliphatic hydroxyl groups excluding tert-OH is 1. The quantitative estimate of drug-likeness (QED) is 0.232. The highest BCUT2D eigenvalue weighted by atomic mass is 16.4. The van der Waals surface area contributed by atoms with E-state index in [0.29, 0.717) is 0 Å². The van der Waals surface area contributed by atoms with E-state index in [-0.39, 0.29) is 0 Å². The molecule has 0 aliphatic heterocycles. The maximum atomic E-state index is 9.65. The van der Waals surface area contributed by atoms with E-state index >= 15 is 0 Å². The summed E-state index contributed by atoms with van der Waals surface area (Å²) in [5, 5.41) is 15.9. The van der Waals surface area contributed by atoms with Gasteiger partial charge in [-0.05, 0) is 10.4 Å². The highest BCUT2D eigenvalue weighted by molar-refractivity contribution is 5.73. The zero-order valence-corrected chi connectivity index (χ0v) is 5.06. The molecule has 0 saturated heterocycles. The molecule has 0 radical (unpaired) electrons. The number of rotatable bonds is 2. The number of hydrogen-bond acceptors (Lipinski definition) is 4. The summed E-state index contributed by atoms with van der Waals surface area (Å²) < 4.78 is 0. The van der Waals surface area contributed by atoms with Crippen molar-refractivity contribution in [2.24, 2.45) is 5.73 Å². The Kier molecular flexibility index (Phi) is 8.85. The zero-order valence-electron chi connectivity index (χ0n) is 5.06. The number of aliphatic carboxylic acids is 1. The number of nitrogens with two attached hydrogens (primary N) is 1. The molecular weight excluding hydrogens is 140 g/mol. The van der Waals surface area contributed by atoms with E-state index in [9.17, 15) is 4.79 Å². The molecular formula is C3H8N4O3. The average molecular weight is 148 g/mol.